The number of ether oxygens (including phenoxy) is 6. The second kappa shape index (κ2) is 44.1. The van der Waals surface area contributed by atoms with Crippen LogP contribution in [-0.4, -0.2) is 79.3 Å². The Morgan fingerprint density at radius 3 is 0.629 bits per heavy atom. The van der Waals surface area contributed by atoms with E-state index in [1.807, 2.05) is 0 Å². The van der Waals surface area contributed by atoms with E-state index in [4.69, 9.17) is 28.4 Å². The van der Waals surface area contributed by atoms with Gasteiger partial charge in [0.05, 0.1) is 68.9 Å². The lowest BCUT2D eigenvalue weighted by atomic mass is 9.83. The van der Waals surface area contributed by atoms with Gasteiger partial charge in [0, 0.05) is 133 Å². The van der Waals surface area contributed by atoms with E-state index in [1.54, 1.807) is 90.7 Å². The molecule has 8 rings (SSSR count). The van der Waals surface area contributed by atoms with E-state index >= 15 is 0 Å². The molecule has 8 heterocycles. The number of rotatable bonds is 40. The molecule has 8 aromatic heterocycles. The van der Waals surface area contributed by atoms with Crippen LogP contribution in [0.2, 0.25) is 0 Å². The van der Waals surface area contributed by atoms with Gasteiger partial charge in [0.15, 0.2) is 0 Å². The average molecular weight is 1450 g/mol. The second-order valence-electron chi connectivity index (χ2n) is 24.7. The van der Waals surface area contributed by atoms with Crippen molar-refractivity contribution in [2.75, 3.05) is 79.3 Å². The summed E-state index contributed by atoms with van der Waals surface area (Å²) in [7, 11) is 0. The molecule has 6 nitrogen and oxygen atoms in total. The van der Waals surface area contributed by atoms with Gasteiger partial charge >= 0.3 is 0 Å². The highest BCUT2D eigenvalue weighted by molar-refractivity contribution is 7.24. The lowest BCUT2D eigenvalue weighted by Crippen LogP contribution is -2.32. The van der Waals surface area contributed by atoms with Crippen molar-refractivity contribution >= 4 is 90.7 Å². The maximum absolute atomic E-state index is 6.45. The van der Waals surface area contributed by atoms with Gasteiger partial charge in [0.1, 0.15) is 0 Å². The lowest BCUT2D eigenvalue weighted by molar-refractivity contribution is -0.0191. The largest absolute Gasteiger partial charge is 0.381 e. The van der Waals surface area contributed by atoms with Gasteiger partial charge < -0.3 is 28.4 Å². The van der Waals surface area contributed by atoms with Gasteiger partial charge in [0.2, 0.25) is 0 Å². The Hall–Kier alpha value is -5.28. The van der Waals surface area contributed by atoms with Gasteiger partial charge in [-0.1, -0.05) is 163 Å². The summed E-state index contributed by atoms with van der Waals surface area (Å²) in [5, 5.41) is 4.24. The van der Waals surface area contributed by atoms with Gasteiger partial charge in [0.25, 0.3) is 0 Å². The smallest absolute Gasteiger partial charge is 0.0775 e. The molecule has 97 heavy (non-hydrogen) atoms. The van der Waals surface area contributed by atoms with E-state index in [-0.39, 0.29) is 10.8 Å². The molecule has 0 saturated carbocycles. The first-order valence-electron chi connectivity index (χ1n) is 34.8. The fourth-order valence-electron chi connectivity index (χ4n) is 10.1. The number of hydrogen-bond donors (Lipinski definition) is 0. The van der Waals surface area contributed by atoms with E-state index in [0.717, 1.165) is 133 Å². The monoisotopic (exact) mass is 1440 g/mol. The van der Waals surface area contributed by atoms with Crippen LogP contribution in [0.3, 0.4) is 0 Å². The normalized spacial score (nSPS) is 11.4. The minimum absolute atomic E-state index is 0.352. The molecule has 0 N–H and O–H groups in total. The van der Waals surface area contributed by atoms with Gasteiger partial charge in [-0.2, -0.15) is 0 Å². The zero-order valence-corrected chi connectivity index (χ0v) is 64.4. The Morgan fingerprint density at radius 1 is 0.258 bits per heavy atom. The van der Waals surface area contributed by atoms with Crippen molar-refractivity contribution in [3.05, 3.63) is 137 Å². The molecule has 0 bridgehead atoms. The van der Waals surface area contributed by atoms with Crippen molar-refractivity contribution in [1.82, 2.24) is 0 Å². The molecule has 0 aliphatic rings. The predicted molar refractivity (Wildman–Crippen MR) is 421 cm³/mol. The number of unbranched alkanes of at least 4 members (excludes halogenated alkanes) is 6. The molecule has 8 aromatic rings. The third-order valence-corrected chi connectivity index (χ3v) is 24.5. The molecule has 0 atom stereocenters. The van der Waals surface area contributed by atoms with E-state index in [2.05, 4.69) is 220 Å². The summed E-state index contributed by atoms with van der Waals surface area (Å²) in [5.74, 6) is 42.7. The van der Waals surface area contributed by atoms with Crippen molar-refractivity contribution in [3.8, 4) is 110 Å². The molecule has 0 fully saturated rings. The van der Waals surface area contributed by atoms with E-state index in [1.165, 1.54) is 39.0 Å². The minimum atomic E-state index is -0.401. The Morgan fingerprint density at radius 2 is 0.454 bits per heavy atom. The third kappa shape index (κ3) is 27.0. The third-order valence-electron chi connectivity index (χ3n) is 16.0. The zero-order valence-electron chi connectivity index (χ0n) is 57.8. The molecule has 0 unspecified atom stereocenters. The number of thiophene rings is 8. The summed E-state index contributed by atoms with van der Waals surface area (Å²) >= 11 is 13.9. The van der Waals surface area contributed by atoms with E-state index in [9.17, 15) is 0 Å². The molecule has 14 heteroatoms. The molecule has 0 aliphatic heterocycles. The van der Waals surface area contributed by atoms with E-state index < -0.39 is 5.41 Å². The highest BCUT2D eigenvalue weighted by Crippen LogP contribution is 2.38. The van der Waals surface area contributed by atoms with Crippen LogP contribution in [0.1, 0.15) is 186 Å². The Balaban J connectivity index is 0.937. The first-order valence-corrected chi connectivity index (χ1v) is 41.4. The molecule has 0 radical (unpaired) electrons. The van der Waals surface area contributed by atoms with Crippen molar-refractivity contribution in [3.63, 3.8) is 0 Å². The second-order valence-corrected chi connectivity index (χ2v) is 33.1. The summed E-state index contributed by atoms with van der Waals surface area (Å²) in [6, 6.07) is 34.5. The standard InChI is InChI=1S/C83H96O6S8/c1-7-13-53-84-61-81(62-85-54-14-8-2,47-19-27-67-35-41-75(92-67)73-33-25-59-90-73)49-21-29-69-37-43-77(94-69)79-45-39-71(96-79)31-23-51-83(65-88-57-17-11-5,66-89-58-18-12-6)52-24-32-72-40-46-80(97-72)78-44-38-70(95-78)30-22-50-82(63-86-55-15-9-3,64-87-56-16-10-4)48-20-28-68-36-42-76(93-68)74-34-26-60-91-74/h25-26,33-46,59-60H,7-18,47-58,61-66H2,1-6H3. The van der Waals surface area contributed by atoms with Gasteiger partial charge in [-0.3, -0.25) is 0 Å². The summed E-state index contributed by atoms with van der Waals surface area (Å²) in [6.45, 7) is 20.8. The molecular formula is C83H96O6S8. The van der Waals surface area contributed by atoms with Crippen molar-refractivity contribution < 1.29 is 28.4 Å². The molecule has 512 valence electrons. The Labute approximate surface area is 613 Å². The van der Waals surface area contributed by atoms with Crippen LogP contribution in [0, 0.1) is 87.3 Å². The summed E-state index contributed by atoms with van der Waals surface area (Å²) in [5.41, 5.74) is -1.11. The van der Waals surface area contributed by atoms with E-state index in [0.29, 0.717) is 91.4 Å². The zero-order chi connectivity index (χ0) is 67.9. The SMILES string of the molecule is CCCCOCC(CC#Cc1ccc(-c2cccs2)s1)(CC#Cc1ccc(-c2ccc(C#CCC(CC#Cc3ccc(-c4ccc(C#CCC(CC#Cc5ccc(-c6cccs6)s5)(COCCCC)COCCCC)s4)s3)(COCCCC)COCCCC)s2)s1)COCCCC. The average Bonchev–Trinajstić information content (AvgIpc) is 1.96. The minimum Gasteiger partial charge on any atom is -0.381 e. The predicted octanol–water partition coefficient (Wildman–Crippen LogP) is 23.3. The maximum Gasteiger partial charge on any atom is 0.0775 e. The summed E-state index contributed by atoms with van der Waals surface area (Å²) in [4.78, 5) is 16.0. The lowest BCUT2D eigenvalue weighted by Gasteiger charge is -2.30. The topological polar surface area (TPSA) is 55.4 Å². The summed E-state index contributed by atoms with van der Waals surface area (Å²) < 4.78 is 38.4. The van der Waals surface area contributed by atoms with Crippen LogP contribution in [0.15, 0.2) is 108 Å². The van der Waals surface area contributed by atoms with Crippen molar-refractivity contribution in [2.45, 2.75) is 157 Å². The fourth-order valence-corrected chi connectivity index (χ4v) is 17.2. The van der Waals surface area contributed by atoms with Crippen LogP contribution >= 0.6 is 90.7 Å². The fraction of sp³-hybridized carbons (Fsp3) is 0.470. The van der Waals surface area contributed by atoms with Crippen LogP contribution in [0.25, 0.3) is 39.0 Å². The molecule has 0 amide bonds. The Kier molecular flexibility index (Phi) is 35.2. The highest BCUT2D eigenvalue weighted by Gasteiger charge is 2.32. The first kappa shape index (κ1) is 77.5. The maximum atomic E-state index is 6.45. The van der Waals surface area contributed by atoms with Crippen LogP contribution in [0.4, 0.5) is 0 Å². The van der Waals surface area contributed by atoms with Gasteiger partial charge in [-0.15, -0.1) is 90.7 Å². The van der Waals surface area contributed by atoms with Gasteiger partial charge in [-0.25, -0.2) is 0 Å². The summed E-state index contributed by atoms with van der Waals surface area (Å²) in [6.07, 6.45) is 16.3. The molecule has 0 aliphatic carbocycles. The molecule has 0 spiro atoms. The molecule has 0 saturated heterocycles. The van der Waals surface area contributed by atoms with Crippen LogP contribution in [0.5, 0.6) is 0 Å². The van der Waals surface area contributed by atoms with Gasteiger partial charge in [-0.05, 0) is 134 Å². The van der Waals surface area contributed by atoms with Crippen molar-refractivity contribution in [1.29, 1.82) is 0 Å². The quantitative estimate of drug-likeness (QED) is 0.0282. The molecular weight excluding hydrogens is 1350 g/mol. The van der Waals surface area contributed by atoms with Crippen LogP contribution in [-0.2, 0) is 28.4 Å². The van der Waals surface area contributed by atoms with Crippen molar-refractivity contribution in [2.24, 2.45) is 16.2 Å². The first-order chi connectivity index (χ1) is 47.7. The Bertz CT molecular complexity index is 3640. The highest BCUT2D eigenvalue weighted by atomic mass is 32.1. The molecule has 0 aromatic carbocycles. The van der Waals surface area contributed by atoms with Crippen LogP contribution < -0.4 is 0 Å². The number of hydrogen-bond acceptors (Lipinski definition) is 14.